The number of amides is 15. The number of rotatable bonds is 51. The van der Waals surface area contributed by atoms with Gasteiger partial charge in [0, 0.05) is 103 Å². The number of fused-ring (bicyclic) bond motifs is 1. The summed E-state index contributed by atoms with van der Waals surface area (Å²) in [6.07, 6.45) is 4.28. The summed E-state index contributed by atoms with van der Waals surface area (Å²) in [5, 5.41) is 54.2. The largest absolute Gasteiger partial charge is 0.508 e. The summed E-state index contributed by atoms with van der Waals surface area (Å²) in [5.41, 5.74) is 8.84. The van der Waals surface area contributed by atoms with Gasteiger partial charge >= 0.3 is 5.97 Å². The lowest BCUT2D eigenvalue weighted by atomic mass is 9.99. The van der Waals surface area contributed by atoms with E-state index in [0.717, 1.165) is 32.4 Å². The number of phenolic OH excluding ortho intramolecular Hbond substituents is 2. The predicted molar refractivity (Wildman–Crippen MR) is 476 cm³/mol. The first-order valence-corrected chi connectivity index (χ1v) is 43.2. The molecule has 128 heavy (non-hydrogen) atoms. The number of para-hydroxylation sites is 1. The summed E-state index contributed by atoms with van der Waals surface area (Å²) in [7, 11) is 6.66. The van der Waals surface area contributed by atoms with Crippen LogP contribution in [0.15, 0.2) is 152 Å². The van der Waals surface area contributed by atoms with Crippen LogP contribution in [0.2, 0.25) is 0 Å². The number of aromatic amines is 2. The molecular formula is C90H118N18O19S. The van der Waals surface area contributed by atoms with Crippen LogP contribution in [0, 0.1) is 11.8 Å². The van der Waals surface area contributed by atoms with Gasteiger partial charge in [-0.2, -0.15) is 11.8 Å². The molecule has 0 aliphatic rings. The Hall–Kier alpha value is -13.7. The number of aromatic nitrogens is 3. The van der Waals surface area contributed by atoms with Crippen molar-refractivity contribution < 1.29 is 92.0 Å². The quantitative estimate of drug-likeness (QED) is 0.0239. The fourth-order valence-corrected chi connectivity index (χ4v) is 15.0. The van der Waals surface area contributed by atoms with Gasteiger partial charge in [0.05, 0.1) is 51.2 Å². The molecule has 1 unspecified atom stereocenters. The van der Waals surface area contributed by atoms with Gasteiger partial charge in [-0.15, -0.1) is 0 Å². The number of carboxylic acids is 1. The molecule has 9 atom stereocenters. The number of nitrogens with zero attached hydrogens (tertiary/aromatic N) is 6. The van der Waals surface area contributed by atoms with E-state index in [-0.39, 0.29) is 68.1 Å². The average molecular weight is 1790 g/mol. The van der Waals surface area contributed by atoms with Crippen molar-refractivity contribution in [3.63, 3.8) is 0 Å². The van der Waals surface area contributed by atoms with Crippen LogP contribution in [0.3, 0.4) is 0 Å². The zero-order chi connectivity index (χ0) is 93.8. The van der Waals surface area contributed by atoms with Crippen LogP contribution in [0.1, 0.15) is 100 Å². The zero-order valence-corrected chi connectivity index (χ0v) is 74.4. The predicted octanol–water partition coefficient (Wildman–Crippen LogP) is 1.30. The molecule has 2 aromatic heterocycles. The number of benzene rings is 5. The number of carbonyl (C=O) groups is 16. The standard InChI is InChI=1S/C90H118N18O19S/c1-11-12-27-71(106(8)89(126)73(41-57-23-17-14-18-24-57)108(10)87(124)70(39-56-21-15-13-16-22-56)100-79(116)52-128-37-36-54(2)3)88(125)105(7)51-78(115)99-68(44-80(117)118)84(121)103-81(55(4)5)90(127)107(9)72(43-61-46-92-53-97-61)85(122)102-69(40-59-30-34-63(110)35-31-59)86(123)104(6)50-77(114)98-67(42-60-45-93-65-26-20-19-25-64(60)65)83(120)101-66(38-58-28-32-62(109)33-29-58)82(119)96-49-76(113)95-48-75(112)94-47-74(91)111/h13-26,28-35,45-46,53-55,66-73,81,93,109-110H,11-12,27,36-44,47-52H2,1-10H3,(H2,91,111)(H,92,97)(H,94,112)(H,95,113)(H,96,119)(H,98,114)(H,99,115)(H,100,116)(H,101,120)(H,102,122)(H,103,121)(H,117,118)/t66-,67-,68?,69-,70-,71-,72-,73-,81-/m0/s1. The number of H-pyrrole nitrogens is 2. The topological polar surface area (TPSA) is 529 Å². The van der Waals surface area contributed by atoms with E-state index in [1.165, 1.54) is 118 Å². The molecule has 37 nitrogen and oxygen atoms in total. The van der Waals surface area contributed by atoms with E-state index in [4.69, 9.17) is 5.73 Å². The van der Waals surface area contributed by atoms with Gasteiger partial charge in [-0.05, 0) is 88.6 Å². The maximum atomic E-state index is 15.2. The van der Waals surface area contributed by atoms with Crippen molar-refractivity contribution in [2.24, 2.45) is 17.6 Å². The van der Waals surface area contributed by atoms with Gasteiger partial charge in [0.25, 0.3) is 0 Å². The van der Waals surface area contributed by atoms with Gasteiger partial charge in [-0.25, -0.2) is 4.98 Å². The number of nitrogens with two attached hydrogens (primary N) is 1. The van der Waals surface area contributed by atoms with Crippen molar-refractivity contribution >= 4 is 117 Å². The minimum absolute atomic E-state index is 0.00261. The van der Waals surface area contributed by atoms with E-state index in [0.29, 0.717) is 57.6 Å². The summed E-state index contributed by atoms with van der Waals surface area (Å²) in [4.78, 5) is 241. The van der Waals surface area contributed by atoms with Gasteiger partial charge in [-0.3, -0.25) is 76.7 Å². The number of imidazole rings is 1. The molecule has 5 aromatic carbocycles. The Morgan fingerprint density at radius 3 is 1.51 bits per heavy atom. The number of phenols is 2. The molecule has 688 valence electrons. The van der Waals surface area contributed by atoms with Crippen LogP contribution in [-0.2, 0) is 115 Å². The van der Waals surface area contributed by atoms with E-state index < -0.39 is 188 Å². The molecule has 0 aliphatic heterocycles. The second kappa shape index (κ2) is 50.5. The molecule has 16 N–H and O–H groups in total. The highest BCUT2D eigenvalue weighted by atomic mass is 32.2. The Morgan fingerprint density at radius 1 is 0.453 bits per heavy atom. The van der Waals surface area contributed by atoms with Crippen LogP contribution in [0.5, 0.6) is 11.5 Å². The van der Waals surface area contributed by atoms with E-state index in [2.05, 4.69) is 76.7 Å². The number of aliphatic carboxylic acids is 1. The molecule has 0 radical (unpaired) electrons. The highest BCUT2D eigenvalue weighted by molar-refractivity contribution is 7.99. The number of carboxylic acid groups (broad SMARTS) is 1. The number of hydrogen-bond donors (Lipinski definition) is 15. The number of unbranched alkanes of at least 4 members (excludes halogenated alkanes) is 1. The van der Waals surface area contributed by atoms with Gasteiger partial charge in [-0.1, -0.05) is 151 Å². The van der Waals surface area contributed by atoms with E-state index in [1.54, 1.807) is 74.6 Å². The highest BCUT2D eigenvalue weighted by Crippen LogP contribution is 2.24. The van der Waals surface area contributed by atoms with Gasteiger partial charge in [0.2, 0.25) is 88.6 Å². The molecular weight excluding hydrogens is 1670 g/mol. The molecule has 0 fully saturated rings. The first kappa shape index (κ1) is 101. The fraction of sp³-hybridized carbons (Fsp3) is 0.433. The highest BCUT2D eigenvalue weighted by Gasteiger charge is 2.42. The molecule has 7 aromatic rings. The fourth-order valence-electron chi connectivity index (χ4n) is 14.0. The summed E-state index contributed by atoms with van der Waals surface area (Å²) < 4.78 is 0. The van der Waals surface area contributed by atoms with Crippen LogP contribution >= 0.6 is 11.8 Å². The van der Waals surface area contributed by atoms with E-state index in [9.17, 15) is 72.9 Å². The monoisotopic (exact) mass is 1790 g/mol. The van der Waals surface area contributed by atoms with Crippen LogP contribution in [0.4, 0.5) is 0 Å². The maximum absolute atomic E-state index is 15.2. The molecule has 2 heterocycles. The number of thioether (sulfide) groups is 1. The minimum atomic E-state index is -1.90. The van der Waals surface area contributed by atoms with Crippen LogP contribution in [-0.4, -0.2) is 283 Å². The Labute approximate surface area is 746 Å². The summed E-state index contributed by atoms with van der Waals surface area (Å²) in [5.74, 6) is -13.8. The lowest BCUT2D eigenvalue weighted by molar-refractivity contribution is -0.151. The van der Waals surface area contributed by atoms with Crippen LogP contribution < -0.4 is 53.6 Å². The maximum Gasteiger partial charge on any atom is 0.305 e. The van der Waals surface area contributed by atoms with Gasteiger partial charge in [0.15, 0.2) is 0 Å². The van der Waals surface area contributed by atoms with Crippen molar-refractivity contribution in [3.8, 4) is 11.5 Å². The van der Waals surface area contributed by atoms with Crippen molar-refractivity contribution in [3.05, 3.63) is 186 Å². The number of carbonyl (C=O) groups excluding carboxylic acids is 15. The third kappa shape index (κ3) is 32.4. The number of hydrogen-bond acceptors (Lipinski definition) is 20. The first-order valence-electron chi connectivity index (χ1n) is 42.0. The first-order chi connectivity index (χ1) is 60.9. The van der Waals surface area contributed by atoms with Crippen molar-refractivity contribution in [1.29, 1.82) is 0 Å². The molecule has 0 spiro atoms. The average Bonchev–Trinajstić information content (AvgIpc) is 1.49. The third-order valence-electron chi connectivity index (χ3n) is 21.2. The molecule has 15 amide bonds. The van der Waals surface area contributed by atoms with Crippen molar-refractivity contribution in [1.82, 2.24) is 87.3 Å². The normalized spacial score (nSPS) is 13.2. The molecule has 0 bridgehead atoms. The van der Waals surface area contributed by atoms with E-state index >= 15 is 19.2 Å². The minimum Gasteiger partial charge on any atom is -0.508 e. The smallest absolute Gasteiger partial charge is 0.305 e. The second-order valence-electron chi connectivity index (χ2n) is 32.2. The third-order valence-corrected chi connectivity index (χ3v) is 22.2. The molecule has 0 saturated heterocycles. The Kier molecular flexibility index (Phi) is 40.0. The van der Waals surface area contributed by atoms with E-state index in [1.807, 2.05) is 37.3 Å². The Morgan fingerprint density at radius 2 is 0.945 bits per heavy atom. The second-order valence-corrected chi connectivity index (χ2v) is 33.3. The number of primary amides is 1. The molecule has 38 heteroatoms. The van der Waals surface area contributed by atoms with Gasteiger partial charge in [0.1, 0.15) is 65.9 Å². The molecule has 7 rings (SSSR count). The lowest BCUT2D eigenvalue weighted by Gasteiger charge is -2.37. The Bertz CT molecular complexity index is 4940. The number of likely N-dealkylation sites (N-methyl/N-ethyl adjacent to an activating group) is 5. The Balaban J connectivity index is 1.08. The zero-order valence-electron chi connectivity index (χ0n) is 73.6. The molecule has 0 saturated carbocycles. The SMILES string of the molecule is CCCC[C@@H](C(=O)N(C)CC(=O)NC(CC(=O)O)C(=O)N[C@H](C(=O)N(C)[C@@H](Cc1cnc[nH]1)C(=O)N[C@@H](Cc1ccc(O)cc1)C(=O)N(C)CC(=O)N[C@@H](Cc1c[nH]c2ccccc12)C(=O)N[C@@H](Cc1ccc(O)cc1)C(=O)NCC(=O)NCC(=O)NCC(N)=O)C(C)C)N(C)C(=O)[C@H](Cc1ccccc1)N(C)C(=O)[C@H](Cc1ccccc1)NC(=O)CSCCC(C)C. The molecule has 0 aliphatic carbocycles. The van der Waals surface area contributed by atoms with Crippen molar-refractivity contribution in [2.45, 2.75) is 160 Å². The number of aromatic hydroxyl groups is 2. The lowest BCUT2D eigenvalue weighted by Crippen LogP contribution is -2.61. The number of nitrogens with one attached hydrogen (secondary N) is 11. The summed E-state index contributed by atoms with van der Waals surface area (Å²) in [6, 6.07) is 23.2. The summed E-state index contributed by atoms with van der Waals surface area (Å²) >= 11 is 1.45. The van der Waals surface area contributed by atoms with Gasteiger partial charge < -0.3 is 103 Å². The van der Waals surface area contributed by atoms with Crippen molar-refractivity contribution in [2.75, 3.05) is 79.5 Å². The van der Waals surface area contributed by atoms with Crippen LogP contribution in [0.25, 0.3) is 10.9 Å². The summed E-state index contributed by atoms with van der Waals surface area (Å²) in [6.45, 7) is 5.80.